The summed E-state index contributed by atoms with van der Waals surface area (Å²) >= 11 is 0. The SMILES string of the molecule is OCCNC(NCO)(NCO)NCO. The van der Waals surface area contributed by atoms with Gasteiger partial charge < -0.3 is 20.4 Å². The zero-order valence-corrected chi connectivity index (χ0v) is 7.82. The van der Waals surface area contributed by atoms with Gasteiger partial charge >= 0.3 is 0 Å². The fourth-order valence-corrected chi connectivity index (χ4v) is 0.974. The smallest absolute Gasteiger partial charge is 0.186 e. The number of aliphatic hydroxyl groups is 4. The van der Waals surface area contributed by atoms with Crippen molar-refractivity contribution in [1.82, 2.24) is 21.3 Å². The molecule has 0 saturated carbocycles. The van der Waals surface area contributed by atoms with Crippen LogP contribution in [0.25, 0.3) is 0 Å². The molecule has 0 fully saturated rings. The Morgan fingerprint density at radius 3 is 1.43 bits per heavy atom. The van der Waals surface area contributed by atoms with Gasteiger partial charge in [-0.05, 0) is 0 Å². The maximum absolute atomic E-state index is 8.70. The molecule has 0 radical (unpaired) electrons. The van der Waals surface area contributed by atoms with Gasteiger partial charge in [0.15, 0.2) is 5.91 Å². The van der Waals surface area contributed by atoms with Crippen LogP contribution in [0.1, 0.15) is 0 Å². The second-order valence-electron chi connectivity index (χ2n) is 2.41. The van der Waals surface area contributed by atoms with Crippen molar-refractivity contribution in [3.05, 3.63) is 0 Å². The summed E-state index contributed by atoms with van der Waals surface area (Å²) in [6.07, 6.45) is 0. The minimum atomic E-state index is -1.21. The summed E-state index contributed by atoms with van der Waals surface area (Å²) in [5, 5.41) is 45.0. The van der Waals surface area contributed by atoms with E-state index >= 15 is 0 Å². The van der Waals surface area contributed by atoms with E-state index in [0.717, 1.165) is 0 Å². The third kappa shape index (κ3) is 4.79. The van der Waals surface area contributed by atoms with Crippen LogP contribution >= 0.6 is 0 Å². The molecule has 8 N–H and O–H groups in total. The molecule has 0 aromatic carbocycles. The number of hydrogen-bond donors (Lipinski definition) is 8. The Morgan fingerprint density at radius 1 is 0.714 bits per heavy atom. The molecule has 0 rings (SSSR count). The first-order valence-electron chi connectivity index (χ1n) is 4.18. The van der Waals surface area contributed by atoms with Crippen LogP contribution in [-0.2, 0) is 0 Å². The van der Waals surface area contributed by atoms with Crippen LogP contribution in [0.5, 0.6) is 0 Å². The Bertz CT molecular complexity index is 120. The highest BCUT2D eigenvalue weighted by Gasteiger charge is 2.26. The van der Waals surface area contributed by atoms with Crippen molar-refractivity contribution in [2.24, 2.45) is 0 Å². The first-order chi connectivity index (χ1) is 6.74. The summed E-state index contributed by atoms with van der Waals surface area (Å²) in [6, 6.07) is 0. The Balaban J connectivity index is 4.21. The van der Waals surface area contributed by atoms with Crippen molar-refractivity contribution in [2.45, 2.75) is 5.91 Å². The Labute approximate surface area is 81.9 Å². The molecule has 0 bridgehead atoms. The lowest BCUT2D eigenvalue weighted by Gasteiger charge is -2.35. The van der Waals surface area contributed by atoms with E-state index in [0.29, 0.717) is 0 Å². The lowest BCUT2D eigenvalue weighted by molar-refractivity contribution is 0.0402. The summed E-state index contributed by atoms with van der Waals surface area (Å²) in [5.74, 6) is -1.21. The van der Waals surface area contributed by atoms with Crippen LogP contribution in [0, 0.1) is 0 Å². The Morgan fingerprint density at radius 2 is 1.14 bits per heavy atom. The molecule has 0 aromatic rings. The van der Waals surface area contributed by atoms with Crippen LogP contribution in [0.2, 0.25) is 0 Å². The number of rotatable bonds is 9. The second-order valence-corrected chi connectivity index (χ2v) is 2.41. The number of hydrogen-bond acceptors (Lipinski definition) is 8. The summed E-state index contributed by atoms with van der Waals surface area (Å²) < 4.78 is 0. The zero-order chi connectivity index (χ0) is 10.9. The molecule has 0 aromatic heterocycles. The van der Waals surface area contributed by atoms with E-state index in [4.69, 9.17) is 20.4 Å². The zero-order valence-electron chi connectivity index (χ0n) is 7.82. The van der Waals surface area contributed by atoms with Gasteiger partial charge in [0, 0.05) is 6.54 Å². The minimum Gasteiger partial charge on any atom is -0.395 e. The average Bonchev–Trinajstić information content (AvgIpc) is 2.16. The maximum Gasteiger partial charge on any atom is 0.186 e. The lowest BCUT2D eigenvalue weighted by atomic mass is 10.5. The van der Waals surface area contributed by atoms with Gasteiger partial charge in [-0.2, -0.15) is 0 Å². The largest absolute Gasteiger partial charge is 0.395 e. The molecule has 0 aliphatic heterocycles. The topological polar surface area (TPSA) is 129 Å². The molecule has 8 nitrogen and oxygen atoms in total. The number of nitrogens with one attached hydrogen (secondary N) is 4. The molecule has 0 amide bonds. The van der Waals surface area contributed by atoms with Crippen LogP contribution in [-0.4, -0.2) is 59.7 Å². The molecule has 0 aliphatic carbocycles. The molecule has 8 heteroatoms. The van der Waals surface area contributed by atoms with Gasteiger partial charge in [-0.1, -0.05) is 0 Å². The van der Waals surface area contributed by atoms with E-state index in [1.165, 1.54) is 0 Å². The van der Waals surface area contributed by atoms with E-state index < -0.39 is 5.91 Å². The second kappa shape index (κ2) is 8.03. The summed E-state index contributed by atoms with van der Waals surface area (Å²) in [7, 11) is 0. The minimum absolute atomic E-state index is 0.116. The van der Waals surface area contributed by atoms with E-state index in [1.807, 2.05) is 0 Å². The standard InChI is InChI=1S/C6H18N4O4/c11-2-1-7-6(8-3-12,9-4-13)10-5-14/h7-14H,1-5H2. The number of aliphatic hydroxyl groups excluding tert-OH is 4. The van der Waals surface area contributed by atoms with Crippen molar-refractivity contribution in [3.8, 4) is 0 Å². The van der Waals surface area contributed by atoms with Crippen molar-refractivity contribution in [2.75, 3.05) is 33.3 Å². The van der Waals surface area contributed by atoms with Crippen molar-refractivity contribution < 1.29 is 20.4 Å². The highest BCUT2D eigenvalue weighted by Crippen LogP contribution is 1.87. The van der Waals surface area contributed by atoms with Crippen molar-refractivity contribution >= 4 is 0 Å². The maximum atomic E-state index is 8.70. The normalized spacial score (nSPS) is 12.0. The van der Waals surface area contributed by atoms with E-state index in [1.54, 1.807) is 0 Å². The van der Waals surface area contributed by atoms with Gasteiger partial charge in [-0.3, -0.25) is 21.3 Å². The first-order valence-corrected chi connectivity index (χ1v) is 4.18. The molecule has 86 valence electrons. The van der Waals surface area contributed by atoms with Gasteiger partial charge in [0.2, 0.25) is 0 Å². The fourth-order valence-electron chi connectivity index (χ4n) is 0.974. The van der Waals surface area contributed by atoms with Gasteiger partial charge in [-0.25, -0.2) is 0 Å². The van der Waals surface area contributed by atoms with Gasteiger partial charge in [0.1, 0.15) is 0 Å². The molecular weight excluding hydrogens is 192 g/mol. The average molecular weight is 210 g/mol. The van der Waals surface area contributed by atoms with Gasteiger partial charge in [-0.15, -0.1) is 0 Å². The third-order valence-electron chi connectivity index (χ3n) is 1.53. The van der Waals surface area contributed by atoms with Crippen LogP contribution < -0.4 is 21.3 Å². The van der Waals surface area contributed by atoms with Crippen LogP contribution in [0.3, 0.4) is 0 Å². The fraction of sp³-hybridized carbons (Fsp3) is 1.00. The lowest BCUT2D eigenvalue weighted by Crippen LogP contribution is -2.75. The summed E-state index contributed by atoms with van der Waals surface area (Å²) in [6.45, 7) is -1.03. The van der Waals surface area contributed by atoms with E-state index in [-0.39, 0.29) is 33.3 Å². The molecule has 0 unspecified atom stereocenters. The van der Waals surface area contributed by atoms with E-state index in [2.05, 4.69) is 21.3 Å². The van der Waals surface area contributed by atoms with Crippen LogP contribution in [0.4, 0.5) is 0 Å². The van der Waals surface area contributed by atoms with Crippen LogP contribution in [0.15, 0.2) is 0 Å². The van der Waals surface area contributed by atoms with Crippen molar-refractivity contribution in [1.29, 1.82) is 0 Å². The molecule has 14 heavy (non-hydrogen) atoms. The highest BCUT2D eigenvalue weighted by molar-refractivity contribution is 4.76. The molecule has 0 aliphatic rings. The van der Waals surface area contributed by atoms with Crippen molar-refractivity contribution in [3.63, 3.8) is 0 Å². The highest BCUT2D eigenvalue weighted by atomic mass is 16.3. The first kappa shape index (κ1) is 13.7. The van der Waals surface area contributed by atoms with Gasteiger partial charge in [0.05, 0.1) is 26.8 Å². The predicted octanol–water partition coefficient (Wildman–Crippen LogP) is -4.20. The summed E-state index contributed by atoms with van der Waals surface area (Å²) in [5.41, 5.74) is 0. The summed E-state index contributed by atoms with van der Waals surface area (Å²) in [4.78, 5) is 0. The molecule has 0 heterocycles. The van der Waals surface area contributed by atoms with Gasteiger partial charge in [0.25, 0.3) is 0 Å². The third-order valence-corrected chi connectivity index (χ3v) is 1.53. The molecule has 0 atom stereocenters. The Hall–Kier alpha value is -0.320. The predicted molar refractivity (Wildman–Crippen MR) is 48.5 cm³/mol. The van der Waals surface area contributed by atoms with E-state index in [9.17, 15) is 0 Å². The Kier molecular flexibility index (Phi) is 7.84. The molecule has 0 saturated heterocycles. The quantitative estimate of drug-likeness (QED) is 0.180. The monoisotopic (exact) mass is 210 g/mol. The molecular formula is C6H18N4O4. The molecule has 0 spiro atoms.